The zero-order valence-electron chi connectivity index (χ0n) is 21.9. The normalized spacial score (nSPS) is 19.4. The van der Waals surface area contributed by atoms with Crippen LogP contribution in [-0.4, -0.2) is 66.6 Å². The molecule has 2 fully saturated rings. The highest BCUT2D eigenvalue weighted by Crippen LogP contribution is 2.45. The van der Waals surface area contributed by atoms with E-state index in [-0.39, 0.29) is 43.1 Å². The molecule has 2 aliphatic heterocycles. The summed E-state index contributed by atoms with van der Waals surface area (Å²) in [5.41, 5.74) is -2.05. The van der Waals surface area contributed by atoms with Crippen molar-refractivity contribution in [2.75, 3.05) is 32.9 Å². The fourth-order valence-corrected chi connectivity index (χ4v) is 5.76. The van der Waals surface area contributed by atoms with Crippen LogP contribution in [0, 0.1) is 5.41 Å². The molecule has 5 heterocycles. The van der Waals surface area contributed by atoms with Gasteiger partial charge in [-0.1, -0.05) is 19.1 Å². The second kappa shape index (κ2) is 9.25. The number of alkyl halides is 4. The minimum atomic E-state index is -4.69. The van der Waals surface area contributed by atoms with Crippen molar-refractivity contribution in [2.24, 2.45) is 12.5 Å². The van der Waals surface area contributed by atoms with E-state index < -0.39 is 29.0 Å². The van der Waals surface area contributed by atoms with Crippen molar-refractivity contribution in [1.82, 2.24) is 28.6 Å². The third-order valence-electron chi connectivity index (χ3n) is 8.00. The molecule has 0 unspecified atom stereocenters. The lowest BCUT2D eigenvalue weighted by Gasteiger charge is -2.47. The van der Waals surface area contributed by atoms with Gasteiger partial charge in [-0.25, -0.2) is 9.18 Å². The van der Waals surface area contributed by atoms with Crippen LogP contribution in [0.2, 0.25) is 0 Å². The van der Waals surface area contributed by atoms with Crippen LogP contribution in [0.5, 0.6) is 0 Å². The highest BCUT2D eigenvalue weighted by atomic mass is 19.4. The van der Waals surface area contributed by atoms with Gasteiger partial charge in [-0.15, -0.1) is 10.2 Å². The van der Waals surface area contributed by atoms with Crippen LogP contribution in [0.4, 0.5) is 17.6 Å². The summed E-state index contributed by atoms with van der Waals surface area (Å²) in [6, 6.07) is 7.62. The zero-order chi connectivity index (χ0) is 28.4. The summed E-state index contributed by atoms with van der Waals surface area (Å²) < 4.78 is 67.3. The van der Waals surface area contributed by atoms with Crippen molar-refractivity contribution in [2.45, 2.75) is 31.2 Å². The van der Waals surface area contributed by atoms with Gasteiger partial charge in [0.25, 0.3) is 0 Å². The Bertz CT molecular complexity index is 1630. The number of nitrogens with zero attached hydrogens (tertiary/aromatic N) is 6. The standard InChI is InChI=1S/C27H28F4N6O3/c1-25(13-38)11-35(12-25)8-17-6-20(27(29,30)31)21-10-36(24(39)37(21)9-17)19-5-3-4-18(7-19)26(14-40-15-26)22(28)23-33-32-16-34(23)2/h3-7,9-10,16,22,38H,8,11-15H2,1-2H3/t22-/m1/s1. The van der Waals surface area contributed by atoms with E-state index in [1.165, 1.54) is 23.3 Å². The maximum atomic E-state index is 15.8. The lowest BCUT2D eigenvalue weighted by atomic mass is 9.74. The first-order valence-corrected chi connectivity index (χ1v) is 12.8. The summed E-state index contributed by atoms with van der Waals surface area (Å²) >= 11 is 0. The molecule has 212 valence electrons. The number of benzene rings is 1. The Kier molecular flexibility index (Phi) is 6.16. The van der Waals surface area contributed by atoms with E-state index in [2.05, 4.69) is 10.2 Å². The highest BCUT2D eigenvalue weighted by molar-refractivity contribution is 5.58. The number of ether oxygens (including phenoxy) is 1. The lowest BCUT2D eigenvalue weighted by molar-refractivity contribution is -0.136. The van der Waals surface area contributed by atoms with Gasteiger partial charge in [0.1, 0.15) is 6.33 Å². The number of aryl methyl sites for hydroxylation is 1. The van der Waals surface area contributed by atoms with Gasteiger partial charge in [-0.2, -0.15) is 13.2 Å². The second-order valence-corrected chi connectivity index (χ2v) is 11.3. The van der Waals surface area contributed by atoms with Gasteiger partial charge >= 0.3 is 11.9 Å². The summed E-state index contributed by atoms with van der Waals surface area (Å²) in [7, 11) is 1.64. The first-order valence-electron chi connectivity index (χ1n) is 12.8. The van der Waals surface area contributed by atoms with Crippen LogP contribution in [0.3, 0.4) is 0 Å². The monoisotopic (exact) mass is 560 g/mol. The van der Waals surface area contributed by atoms with Gasteiger partial charge in [0.15, 0.2) is 12.0 Å². The molecule has 2 saturated heterocycles. The Morgan fingerprint density at radius 3 is 2.52 bits per heavy atom. The van der Waals surface area contributed by atoms with Crippen LogP contribution in [-0.2, 0) is 29.9 Å². The number of aliphatic hydroxyl groups is 1. The molecule has 0 spiro atoms. The summed E-state index contributed by atoms with van der Waals surface area (Å²) in [6.45, 7) is 3.35. The SMILES string of the molecule is Cn1cnnc1[C@@H](F)C1(c2cccc(-n3cc4c(C(F)(F)F)cc(CN5CC(C)(CO)C5)cn4c3=O)c2)COC1. The average Bonchev–Trinajstić information content (AvgIpc) is 3.44. The van der Waals surface area contributed by atoms with E-state index >= 15 is 4.39 Å². The van der Waals surface area contributed by atoms with E-state index in [0.29, 0.717) is 29.9 Å². The molecule has 0 radical (unpaired) electrons. The van der Waals surface area contributed by atoms with Crippen LogP contribution < -0.4 is 5.69 Å². The first-order chi connectivity index (χ1) is 18.9. The number of likely N-dealkylation sites (tertiary alicyclic amines) is 1. The summed E-state index contributed by atoms with van der Waals surface area (Å²) in [4.78, 5) is 15.4. The number of aromatic nitrogens is 5. The van der Waals surface area contributed by atoms with Gasteiger partial charge in [0.05, 0.1) is 42.0 Å². The molecule has 4 aromatic rings. The molecule has 0 bridgehead atoms. The number of imidazole rings is 1. The van der Waals surface area contributed by atoms with E-state index in [1.54, 1.807) is 31.3 Å². The van der Waals surface area contributed by atoms with Crippen LogP contribution in [0.25, 0.3) is 11.2 Å². The smallest absolute Gasteiger partial charge is 0.396 e. The van der Waals surface area contributed by atoms with Crippen LogP contribution >= 0.6 is 0 Å². The van der Waals surface area contributed by atoms with E-state index in [1.807, 2.05) is 11.8 Å². The van der Waals surface area contributed by atoms with Gasteiger partial charge in [0, 0.05) is 44.5 Å². The van der Waals surface area contributed by atoms with Crippen molar-refractivity contribution in [1.29, 1.82) is 0 Å². The molecule has 1 aromatic carbocycles. The van der Waals surface area contributed by atoms with Crippen LogP contribution in [0.1, 0.15) is 35.6 Å². The van der Waals surface area contributed by atoms with Crippen molar-refractivity contribution >= 4 is 5.52 Å². The summed E-state index contributed by atoms with van der Waals surface area (Å²) in [6.07, 6.45) is -2.25. The fraction of sp³-hybridized carbons (Fsp3) is 0.444. The van der Waals surface area contributed by atoms with E-state index in [0.717, 1.165) is 15.0 Å². The quantitative estimate of drug-likeness (QED) is 0.350. The maximum absolute atomic E-state index is 15.8. The summed E-state index contributed by atoms with van der Waals surface area (Å²) in [5, 5.41) is 17.1. The number of aliphatic hydroxyl groups excluding tert-OH is 1. The second-order valence-electron chi connectivity index (χ2n) is 11.3. The topological polar surface area (TPSA) is 89.8 Å². The first kappa shape index (κ1) is 26.7. The zero-order valence-corrected chi connectivity index (χ0v) is 21.9. The fourth-order valence-electron chi connectivity index (χ4n) is 5.76. The molecular formula is C27H28F4N6O3. The number of rotatable bonds is 7. The Morgan fingerprint density at radius 1 is 1.18 bits per heavy atom. The highest BCUT2D eigenvalue weighted by Gasteiger charge is 2.50. The molecule has 0 amide bonds. The molecule has 9 nitrogen and oxygen atoms in total. The van der Waals surface area contributed by atoms with Gasteiger partial charge in [-0.05, 0) is 29.3 Å². The van der Waals surface area contributed by atoms with Crippen molar-refractivity contribution in [3.63, 3.8) is 0 Å². The maximum Gasteiger partial charge on any atom is 0.418 e. The number of fused-ring (bicyclic) bond motifs is 1. The molecule has 0 aliphatic carbocycles. The molecule has 3 aromatic heterocycles. The minimum Gasteiger partial charge on any atom is -0.396 e. The average molecular weight is 561 g/mol. The molecule has 13 heteroatoms. The molecule has 1 atom stereocenters. The minimum absolute atomic E-state index is 0.00708. The summed E-state index contributed by atoms with van der Waals surface area (Å²) in [5.74, 6) is 0.129. The molecule has 1 N–H and O–H groups in total. The Balaban J connectivity index is 1.40. The predicted octanol–water partition coefficient (Wildman–Crippen LogP) is 3.03. The lowest BCUT2D eigenvalue weighted by Crippen LogP contribution is -2.55. The molecule has 40 heavy (non-hydrogen) atoms. The third-order valence-corrected chi connectivity index (χ3v) is 8.00. The van der Waals surface area contributed by atoms with Gasteiger partial charge < -0.3 is 14.4 Å². The third kappa shape index (κ3) is 4.23. The van der Waals surface area contributed by atoms with Crippen molar-refractivity contribution in [3.8, 4) is 5.69 Å². The largest absolute Gasteiger partial charge is 0.418 e. The number of hydrogen-bond donors (Lipinski definition) is 1. The Morgan fingerprint density at radius 2 is 1.93 bits per heavy atom. The van der Waals surface area contributed by atoms with Crippen LogP contribution in [0.15, 0.2) is 53.8 Å². The number of hydrogen-bond acceptors (Lipinski definition) is 6. The molecule has 2 aliphatic rings. The number of halogens is 4. The Labute approximate surface area is 226 Å². The molecular weight excluding hydrogens is 532 g/mol. The molecule has 6 rings (SSSR count). The van der Waals surface area contributed by atoms with Crippen molar-refractivity contribution < 1.29 is 27.4 Å². The number of pyridine rings is 1. The predicted molar refractivity (Wildman–Crippen MR) is 136 cm³/mol. The van der Waals surface area contributed by atoms with E-state index in [9.17, 15) is 23.1 Å². The van der Waals surface area contributed by atoms with E-state index in [4.69, 9.17) is 4.74 Å². The van der Waals surface area contributed by atoms with Gasteiger partial charge in [0.2, 0.25) is 0 Å². The Hall–Kier alpha value is -3.55. The van der Waals surface area contributed by atoms with Gasteiger partial charge in [-0.3, -0.25) is 13.9 Å². The van der Waals surface area contributed by atoms with Crippen molar-refractivity contribution in [3.05, 3.63) is 82.1 Å². The molecule has 0 saturated carbocycles.